The van der Waals surface area contributed by atoms with Crippen LogP contribution < -0.4 is 5.73 Å². The lowest BCUT2D eigenvalue weighted by Gasteiger charge is -2.24. The Kier molecular flexibility index (Phi) is 4.87. The van der Waals surface area contributed by atoms with Crippen molar-refractivity contribution >= 4 is 9.84 Å². The molecule has 18 heavy (non-hydrogen) atoms. The summed E-state index contributed by atoms with van der Waals surface area (Å²) in [5.41, 5.74) is 6.43. The Hall–Kier alpha value is -0.940. The molecule has 0 aromatic heterocycles. The molecule has 0 amide bonds. The van der Waals surface area contributed by atoms with Crippen molar-refractivity contribution in [2.75, 3.05) is 12.0 Å². The molecule has 1 aromatic carbocycles. The van der Waals surface area contributed by atoms with Gasteiger partial charge in [-0.2, -0.15) is 0 Å². The maximum atomic E-state index is 13.0. The molecule has 5 heteroatoms. The van der Waals surface area contributed by atoms with E-state index in [4.69, 9.17) is 5.73 Å². The summed E-state index contributed by atoms with van der Waals surface area (Å²) in [4.78, 5) is 0. The van der Waals surface area contributed by atoms with E-state index in [1.54, 1.807) is 6.07 Å². The zero-order valence-corrected chi connectivity index (χ0v) is 11.6. The largest absolute Gasteiger partial charge is 0.325 e. The number of rotatable bonds is 6. The molecule has 1 atom stereocenters. The van der Waals surface area contributed by atoms with Crippen LogP contribution >= 0.6 is 0 Å². The third-order valence-corrected chi connectivity index (χ3v) is 3.79. The molecule has 0 aliphatic carbocycles. The van der Waals surface area contributed by atoms with Crippen LogP contribution in [0.15, 0.2) is 24.3 Å². The van der Waals surface area contributed by atoms with Gasteiger partial charge in [-0.25, -0.2) is 12.8 Å². The minimum absolute atomic E-state index is 0.142. The van der Waals surface area contributed by atoms with E-state index in [0.717, 1.165) is 5.56 Å². The summed E-state index contributed by atoms with van der Waals surface area (Å²) in [5.74, 6) is -0.136. The van der Waals surface area contributed by atoms with E-state index < -0.39 is 15.4 Å². The van der Waals surface area contributed by atoms with Crippen molar-refractivity contribution in [3.05, 3.63) is 35.6 Å². The highest BCUT2D eigenvalue weighted by molar-refractivity contribution is 7.90. The zero-order chi connectivity index (χ0) is 13.8. The van der Waals surface area contributed by atoms with Gasteiger partial charge in [0.1, 0.15) is 15.7 Å². The fourth-order valence-electron chi connectivity index (χ4n) is 1.94. The Balaban J connectivity index is 2.54. The Morgan fingerprint density at radius 1 is 1.39 bits per heavy atom. The molecule has 0 aliphatic rings. The van der Waals surface area contributed by atoms with Gasteiger partial charge in [0.05, 0.1) is 0 Å². The maximum Gasteiger partial charge on any atom is 0.147 e. The van der Waals surface area contributed by atoms with Crippen LogP contribution in [0.4, 0.5) is 4.39 Å². The van der Waals surface area contributed by atoms with Crippen molar-refractivity contribution in [2.45, 2.75) is 31.7 Å². The predicted octanol–water partition coefficient (Wildman–Crippen LogP) is 1.91. The van der Waals surface area contributed by atoms with Gasteiger partial charge >= 0.3 is 0 Å². The first-order valence-corrected chi connectivity index (χ1v) is 7.95. The summed E-state index contributed by atoms with van der Waals surface area (Å²) in [6, 6.07) is 6.32. The standard InChI is InChI=1S/C13H20FNO2S/c1-13(15,7-4-8-18(2,16)17)10-11-5-3-6-12(14)9-11/h3,5-6,9H,4,7-8,10,15H2,1-2H3. The quantitative estimate of drug-likeness (QED) is 0.861. The van der Waals surface area contributed by atoms with Crippen molar-refractivity contribution < 1.29 is 12.8 Å². The summed E-state index contributed by atoms with van der Waals surface area (Å²) in [7, 11) is -2.94. The van der Waals surface area contributed by atoms with E-state index in [9.17, 15) is 12.8 Å². The molecule has 1 rings (SSSR count). The molecule has 0 fully saturated rings. The first-order valence-electron chi connectivity index (χ1n) is 5.89. The highest BCUT2D eigenvalue weighted by Gasteiger charge is 2.19. The fraction of sp³-hybridized carbons (Fsp3) is 0.538. The lowest BCUT2D eigenvalue weighted by molar-refractivity contribution is 0.424. The Bertz CT molecular complexity index is 497. The van der Waals surface area contributed by atoms with Crippen LogP contribution in [0.25, 0.3) is 0 Å². The summed E-state index contributed by atoms with van der Waals surface area (Å²) >= 11 is 0. The van der Waals surface area contributed by atoms with Crippen LogP contribution in [-0.2, 0) is 16.3 Å². The molecular weight excluding hydrogens is 253 g/mol. The molecule has 102 valence electrons. The zero-order valence-electron chi connectivity index (χ0n) is 10.8. The highest BCUT2D eigenvalue weighted by Crippen LogP contribution is 2.17. The smallest absolute Gasteiger partial charge is 0.147 e. The number of halogens is 1. The molecular formula is C13H20FNO2S. The minimum Gasteiger partial charge on any atom is -0.325 e. The molecule has 0 bridgehead atoms. The van der Waals surface area contributed by atoms with Crippen LogP contribution in [0.2, 0.25) is 0 Å². The van der Waals surface area contributed by atoms with Crippen LogP contribution in [-0.4, -0.2) is 26.0 Å². The SMILES string of the molecule is CC(N)(CCCS(C)(=O)=O)Cc1cccc(F)c1. The van der Waals surface area contributed by atoms with Crippen LogP contribution in [0.3, 0.4) is 0 Å². The number of hydrogen-bond donors (Lipinski definition) is 1. The lowest BCUT2D eigenvalue weighted by atomic mass is 9.89. The summed E-state index contributed by atoms with van der Waals surface area (Å²) in [5, 5.41) is 0. The Labute approximate surface area is 108 Å². The van der Waals surface area contributed by atoms with Gasteiger partial charge in [-0.05, 0) is 43.9 Å². The van der Waals surface area contributed by atoms with Crippen molar-refractivity contribution in [3.63, 3.8) is 0 Å². The monoisotopic (exact) mass is 273 g/mol. The average Bonchev–Trinajstić information content (AvgIpc) is 2.13. The van der Waals surface area contributed by atoms with Crippen LogP contribution in [0.5, 0.6) is 0 Å². The predicted molar refractivity (Wildman–Crippen MR) is 71.6 cm³/mol. The third-order valence-electron chi connectivity index (χ3n) is 2.76. The summed E-state index contributed by atoms with van der Waals surface area (Å²) < 4.78 is 35.1. The van der Waals surface area contributed by atoms with E-state index in [-0.39, 0.29) is 11.6 Å². The minimum atomic E-state index is -2.94. The van der Waals surface area contributed by atoms with Gasteiger partial charge in [0.15, 0.2) is 0 Å². The van der Waals surface area contributed by atoms with Crippen molar-refractivity contribution in [1.82, 2.24) is 0 Å². The molecule has 0 saturated carbocycles. The first-order chi connectivity index (χ1) is 8.18. The summed E-state index contributed by atoms with van der Waals surface area (Å²) in [6.45, 7) is 1.86. The van der Waals surface area contributed by atoms with Gasteiger partial charge in [0, 0.05) is 17.5 Å². The first kappa shape index (κ1) is 15.1. The van der Waals surface area contributed by atoms with E-state index in [2.05, 4.69) is 0 Å². The van der Waals surface area contributed by atoms with Crippen LogP contribution in [0.1, 0.15) is 25.3 Å². The number of sulfone groups is 1. The fourth-order valence-corrected chi connectivity index (χ4v) is 2.61. The van der Waals surface area contributed by atoms with E-state index in [1.165, 1.54) is 18.4 Å². The maximum absolute atomic E-state index is 13.0. The molecule has 0 spiro atoms. The topological polar surface area (TPSA) is 60.2 Å². The molecule has 0 heterocycles. The molecule has 0 saturated heterocycles. The Morgan fingerprint density at radius 2 is 2.06 bits per heavy atom. The van der Waals surface area contributed by atoms with E-state index in [1.807, 2.05) is 13.0 Å². The molecule has 0 radical (unpaired) electrons. The highest BCUT2D eigenvalue weighted by atomic mass is 32.2. The van der Waals surface area contributed by atoms with E-state index >= 15 is 0 Å². The second kappa shape index (κ2) is 5.80. The van der Waals surface area contributed by atoms with Crippen molar-refractivity contribution in [3.8, 4) is 0 Å². The molecule has 2 N–H and O–H groups in total. The number of benzene rings is 1. The summed E-state index contributed by atoms with van der Waals surface area (Å²) in [6.07, 6.45) is 2.87. The van der Waals surface area contributed by atoms with Gasteiger partial charge < -0.3 is 5.73 Å². The van der Waals surface area contributed by atoms with Crippen LogP contribution in [0, 0.1) is 5.82 Å². The van der Waals surface area contributed by atoms with Crippen molar-refractivity contribution in [2.24, 2.45) is 5.73 Å². The van der Waals surface area contributed by atoms with Gasteiger partial charge in [-0.15, -0.1) is 0 Å². The van der Waals surface area contributed by atoms with Gasteiger partial charge in [-0.1, -0.05) is 12.1 Å². The number of nitrogens with two attached hydrogens (primary N) is 1. The van der Waals surface area contributed by atoms with Crippen molar-refractivity contribution in [1.29, 1.82) is 0 Å². The van der Waals surface area contributed by atoms with E-state index in [0.29, 0.717) is 19.3 Å². The lowest BCUT2D eigenvalue weighted by Crippen LogP contribution is -2.38. The number of hydrogen-bond acceptors (Lipinski definition) is 3. The molecule has 1 unspecified atom stereocenters. The average molecular weight is 273 g/mol. The van der Waals surface area contributed by atoms with Gasteiger partial charge in [0.25, 0.3) is 0 Å². The normalized spacial score (nSPS) is 15.3. The Morgan fingerprint density at radius 3 is 2.61 bits per heavy atom. The van der Waals surface area contributed by atoms with Gasteiger partial charge in [0.2, 0.25) is 0 Å². The third kappa shape index (κ3) is 6.12. The van der Waals surface area contributed by atoms with Gasteiger partial charge in [-0.3, -0.25) is 0 Å². The second-order valence-electron chi connectivity index (χ2n) is 5.19. The molecule has 1 aromatic rings. The second-order valence-corrected chi connectivity index (χ2v) is 7.45. The molecule has 3 nitrogen and oxygen atoms in total. The molecule has 0 aliphatic heterocycles.